The van der Waals surface area contributed by atoms with Crippen molar-refractivity contribution in [2.45, 2.75) is 25.5 Å². The second-order valence-corrected chi connectivity index (χ2v) is 6.99. The molecular formula is C27H24N2O2. The first-order valence-electron chi connectivity index (χ1n) is 10.2. The van der Waals surface area contributed by atoms with Gasteiger partial charge in [0.05, 0.1) is 17.3 Å². The van der Waals surface area contributed by atoms with Crippen molar-refractivity contribution in [3.05, 3.63) is 120 Å². The molecule has 3 aromatic carbocycles. The van der Waals surface area contributed by atoms with E-state index in [0.29, 0.717) is 12.0 Å². The van der Waals surface area contributed by atoms with Gasteiger partial charge in [0.2, 0.25) is 0 Å². The lowest BCUT2D eigenvalue weighted by molar-refractivity contribution is 0.0424. The largest absolute Gasteiger partial charge is 0.455 e. The number of rotatable bonds is 8. The molecule has 0 aliphatic rings. The molecule has 0 aromatic heterocycles. The zero-order chi connectivity index (χ0) is 21.9. The van der Waals surface area contributed by atoms with Crippen molar-refractivity contribution in [3.63, 3.8) is 0 Å². The van der Waals surface area contributed by atoms with Crippen LogP contribution >= 0.6 is 0 Å². The number of nitriles is 1. The van der Waals surface area contributed by atoms with Gasteiger partial charge in [0.25, 0.3) is 0 Å². The molecule has 2 atom stereocenters. The zero-order valence-corrected chi connectivity index (χ0v) is 17.4. The molecular weight excluding hydrogens is 384 g/mol. The van der Waals surface area contributed by atoms with Crippen LogP contribution in [0.2, 0.25) is 0 Å². The molecule has 0 amide bonds. The van der Waals surface area contributed by atoms with E-state index >= 15 is 0 Å². The summed E-state index contributed by atoms with van der Waals surface area (Å²) in [4.78, 5) is 16.9. The van der Waals surface area contributed by atoms with Gasteiger partial charge in [-0.2, -0.15) is 5.26 Å². The average Bonchev–Trinajstić information content (AvgIpc) is 2.83. The Bertz CT molecular complexity index is 1030. The van der Waals surface area contributed by atoms with Crippen LogP contribution in [0.3, 0.4) is 0 Å². The van der Waals surface area contributed by atoms with Gasteiger partial charge in [0, 0.05) is 17.5 Å². The number of nitrogens with zero attached hydrogens (tertiary/aromatic N) is 2. The lowest BCUT2D eigenvalue weighted by Crippen LogP contribution is -2.13. The summed E-state index contributed by atoms with van der Waals surface area (Å²) in [6, 6.07) is 30.3. The molecule has 0 saturated carbocycles. The molecule has 0 heterocycles. The number of ether oxygens (including phenoxy) is 1. The van der Waals surface area contributed by atoms with Gasteiger partial charge in [-0.25, -0.2) is 4.79 Å². The molecule has 4 heteroatoms. The number of carbonyl (C=O) groups is 1. The predicted molar refractivity (Wildman–Crippen MR) is 123 cm³/mol. The van der Waals surface area contributed by atoms with E-state index in [0.717, 1.165) is 16.8 Å². The van der Waals surface area contributed by atoms with Crippen molar-refractivity contribution in [2.75, 3.05) is 0 Å². The van der Waals surface area contributed by atoms with Crippen molar-refractivity contribution in [3.8, 4) is 6.07 Å². The van der Waals surface area contributed by atoms with Crippen LogP contribution in [0.25, 0.3) is 0 Å². The van der Waals surface area contributed by atoms with Crippen LogP contribution < -0.4 is 0 Å². The maximum absolute atomic E-state index is 12.1. The fraction of sp³-hybridized carbons (Fsp3) is 0.148. The molecule has 31 heavy (non-hydrogen) atoms. The van der Waals surface area contributed by atoms with Gasteiger partial charge in [-0.3, -0.25) is 4.99 Å². The number of benzene rings is 3. The number of carbonyl (C=O) groups excluding carboxylic acids is 1. The number of aliphatic imine (C=N–C) groups is 1. The highest BCUT2D eigenvalue weighted by Gasteiger charge is 2.12. The highest BCUT2D eigenvalue weighted by Crippen LogP contribution is 2.14. The molecule has 0 N–H and O–H groups in total. The fourth-order valence-electron chi connectivity index (χ4n) is 3.05. The first-order chi connectivity index (χ1) is 15.2. The van der Waals surface area contributed by atoms with Crippen LogP contribution in [0.4, 0.5) is 0 Å². The SMILES string of the molecule is C[C@@H](/C=C/CC(C#N)N=C(c1ccccc1)c1ccccc1)OC(=O)c1ccccc1. The molecule has 0 aliphatic carbocycles. The Morgan fingerprint density at radius 3 is 1.87 bits per heavy atom. The van der Waals surface area contributed by atoms with Crippen LogP contribution in [0.5, 0.6) is 0 Å². The van der Waals surface area contributed by atoms with E-state index in [-0.39, 0.29) is 5.97 Å². The highest BCUT2D eigenvalue weighted by atomic mass is 16.5. The van der Waals surface area contributed by atoms with E-state index in [2.05, 4.69) is 6.07 Å². The molecule has 0 bridgehead atoms. The van der Waals surface area contributed by atoms with E-state index in [1.165, 1.54) is 0 Å². The van der Waals surface area contributed by atoms with Crippen LogP contribution in [-0.4, -0.2) is 23.8 Å². The van der Waals surface area contributed by atoms with Crippen molar-refractivity contribution >= 4 is 11.7 Å². The summed E-state index contributed by atoms with van der Waals surface area (Å²) in [5, 5.41) is 9.65. The van der Waals surface area contributed by atoms with Gasteiger partial charge >= 0.3 is 5.97 Å². The Morgan fingerprint density at radius 2 is 1.39 bits per heavy atom. The van der Waals surface area contributed by atoms with Crippen molar-refractivity contribution < 1.29 is 9.53 Å². The van der Waals surface area contributed by atoms with E-state index in [4.69, 9.17) is 9.73 Å². The molecule has 154 valence electrons. The Labute approximate surface area is 183 Å². The third-order valence-electron chi connectivity index (χ3n) is 4.60. The van der Waals surface area contributed by atoms with E-state index in [9.17, 15) is 10.1 Å². The second-order valence-electron chi connectivity index (χ2n) is 6.99. The van der Waals surface area contributed by atoms with E-state index in [1.54, 1.807) is 37.3 Å². The summed E-state index contributed by atoms with van der Waals surface area (Å²) in [5.41, 5.74) is 3.22. The maximum Gasteiger partial charge on any atom is 0.338 e. The summed E-state index contributed by atoms with van der Waals surface area (Å²) in [5.74, 6) is -0.372. The molecule has 0 radical (unpaired) electrons. The Hall–Kier alpha value is -3.97. The third kappa shape index (κ3) is 6.52. The minimum atomic E-state index is -0.552. The quantitative estimate of drug-likeness (QED) is 0.277. The summed E-state index contributed by atoms with van der Waals surface area (Å²) in [6.45, 7) is 1.79. The van der Waals surface area contributed by atoms with Crippen LogP contribution in [0.15, 0.2) is 108 Å². The maximum atomic E-state index is 12.1. The summed E-state index contributed by atoms with van der Waals surface area (Å²) in [6.07, 6.45) is 3.64. The standard InChI is InChI=1S/C27H24N2O2/c1-21(31-27(30)24-17-9-4-10-18-24)12-11-19-25(20-28)29-26(22-13-5-2-6-14-22)23-15-7-3-8-16-23/h2-18,21,25H,19H2,1H3/b12-11+/t21-,25?/m0/s1. The Morgan fingerprint density at radius 1 is 0.903 bits per heavy atom. The second kappa shape index (κ2) is 11.3. The monoisotopic (exact) mass is 408 g/mol. The van der Waals surface area contributed by atoms with E-state index < -0.39 is 12.1 Å². The molecule has 3 aromatic rings. The van der Waals surface area contributed by atoms with Gasteiger partial charge < -0.3 is 4.74 Å². The highest BCUT2D eigenvalue weighted by molar-refractivity contribution is 6.13. The predicted octanol–water partition coefficient (Wildman–Crippen LogP) is 5.61. The molecule has 4 nitrogen and oxygen atoms in total. The average molecular weight is 409 g/mol. The Kier molecular flexibility index (Phi) is 7.90. The minimum absolute atomic E-state index is 0.372. The molecule has 0 aliphatic heterocycles. The van der Waals surface area contributed by atoms with E-state index in [1.807, 2.05) is 72.8 Å². The van der Waals surface area contributed by atoms with Gasteiger partial charge in [-0.1, -0.05) is 84.9 Å². The summed E-state index contributed by atoms with van der Waals surface area (Å²) in [7, 11) is 0. The molecule has 0 spiro atoms. The number of hydrogen-bond acceptors (Lipinski definition) is 4. The lowest BCUT2D eigenvalue weighted by atomic mass is 10.0. The third-order valence-corrected chi connectivity index (χ3v) is 4.60. The first-order valence-corrected chi connectivity index (χ1v) is 10.2. The van der Waals surface area contributed by atoms with Crippen molar-refractivity contribution in [1.82, 2.24) is 0 Å². The zero-order valence-electron chi connectivity index (χ0n) is 17.4. The topological polar surface area (TPSA) is 62.4 Å². The summed E-state index contributed by atoms with van der Waals surface area (Å²) < 4.78 is 5.43. The van der Waals surface area contributed by atoms with Crippen molar-refractivity contribution in [1.29, 1.82) is 5.26 Å². The van der Waals surface area contributed by atoms with Crippen LogP contribution in [0.1, 0.15) is 34.8 Å². The van der Waals surface area contributed by atoms with Crippen LogP contribution in [0, 0.1) is 11.3 Å². The molecule has 0 fully saturated rings. The minimum Gasteiger partial charge on any atom is -0.455 e. The Balaban J connectivity index is 1.69. The molecule has 0 saturated heterocycles. The first kappa shape index (κ1) is 21.7. The lowest BCUT2D eigenvalue weighted by Gasteiger charge is -2.11. The van der Waals surface area contributed by atoms with Gasteiger partial charge in [0.15, 0.2) is 0 Å². The van der Waals surface area contributed by atoms with Gasteiger partial charge in [0.1, 0.15) is 12.1 Å². The molecule has 3 rings (SSSR count). The fourth-order valence-corrected chi connectivity index (χ4v) is 3.05. The van der Waals surface area contributed by atoms with Crippen molar-refractivity contribution in [2.24, 2.45) is 4.99 Å². The van der Waals surface area contributed by atoms with Crippen LogP contribution in [-0.2, 0) is 4.74 Å². The normalized spacial score (nSPS) is 12.5. The summed E-state index contributed by atoms with van der Waals surface area (Å²) >= 11 is 0. The smallest absolute Gasteiger partial charge is 0.338 e. The van der Waals surface area contributed by atoms with Gasteiger partial charge in [-0.15, -0.1) is 0 Å². The molecule has 1 unspecified atom stereocenters. The van der Waals surface area contributed by atoms with Gasteiger partial charge in [-0.05, 0) is 25.1 Å². The number of esters is 1. The number of hydrogen-bond donors (Lipinski definition) is 0.